The van der Waals surface area contributed by atoms with Crippen molar-refractivity contribution in [3.8, 4) is 0 Å². The van der Waals surface area contributed by atoms with E-state index in [2.05, 4.69) is 22.4 Å². The van der Waals surface area contributed by atoms with Gasteiger partial charge in [0, 0.05) is 11.7 Å². The second-order valence-electron chi connectivity index (χ2n) is 6.41. The van der Waals surface area contributed by atoms with Gasteiger partial charge in [0.1, 0.15) is 0 Å². The first-order chi connectivity index (χ1) is 9.06. The zero-order chi connectivity index (χ0) is 13.6. The molecule has 2 aliphatic rings. The zero-order valence-corrected chi connectivity index (χ0v) is 12.0. The number of hydrogen-bond donors (Lipinski definition) is 2. The third-order valence-electron chi connectivity index (χ3n) is 5.15. The van der Waals surface area contributed by atoms with Crippen molar-refractivity contribution in [3.63, 3.8) is 0 Å². The van der Waals surface area contributed by atoms with E-state index in [1.54, 1.807) is 0 Å². The molecule has 2 saturated carbocycles. The number of rotatable bonds is 3. The first kappa shape index (κ1) is 12.7. The number of amides is 1. The quantitative estimate of drug-likeness (QED) is 0.878. The molecule has 1 amide bonds. The van der Waals surface area contributed by atoms with Crippen LogP contribution in [-0.2, 0) is 0 Å². The number of fused-ring (bicyclic) bond motifs is 2. The van der Waals surface area contributed by atoms with E-state index < -0.39 is 0 Å². The third kappa shape index (κ3) is 2.17. The lowest BCUT2D eigenvalue weighted by Crippen LogP contribution is -2.40. The summed E-state index contributed by atoms with van der Waals surface area (Å²) in [5.41, 5.74) is 2.36. The molecule has 0 radical (unpaired) electrons. The van der Waals surface area contributed by atoms with Crippen LogP contribution in [0.2, 0.25) is 0 Å². The lowest BCUT2D eigenvalue weighted by atomic mass is 9.84. The molecule has 1 aromatic rings. The highest BCUT2D eigenvalue weighted by molar-refractivity contribution is 5.96. The summed E-state index contributed by atoms with van der Waals surface area (Å²) in [5, 5.41) is 10.2. The molecule has 1 heterocycles. The molecule has 2 bridgehead atoms. The van der Waals surface area contributed by atoms with Crippen molar-refractivity contribution in [3.05, 3.63) is 17.0 Å². The van der Waals surface area contributed by atoms with Gasteiger partial charge >= 0.3 is 0 Å². The van der Waals surface area contributed by atoms with Crippen molar-refractivity contribution in [2.45, 2.75) is 52.5 Å². The summed E-state index contributed by atoms with van der Waals surface area (Å²) in [5.74, 6) is 2.47. The first-order valence-corrected chi connectivity index (χ1v) is 7.38. The molecule has 2 aliphatic carbocycles. The van der Waals surface area contributed by atoms with Crippen molar-refractivity contribution in [1.29, 1.82) is 0 Å². The number of carbonyl (C=O) groups excluding carboxylic acids is 1. The summed E-state index contributed by atoms with van der Waals surface area (Å²) in [4.78, 5) is 12.3. The fourth-order valence-corrected chi connectivity index (χ4v) is 4.18. The normalized spacial score (nSPS) is 30.6. The monoisotopic (exact) mass is 261 g/mol. The van der Waals surface area contributed by atoms with Crippen LogP contribution >= 0.6 is 0 Å². The molecule has 0 aromatic carbocycles. The Labute approximate surface area is 114 Å². The number of aromatic nitrogens is 2. The smallest absolute Gasteiger partial charge is 0.255 e. The maximum atomic E-state index is 12.3. The molecule has 1 aromatic heterocycles. The van der Waals surface area contributed by atoms with Crippen LogP contribution in [0.5, 0.6) is 0 Å². The second kappa shape index (κ2) is 4.66. The highest BCUT2D eigenvalue weighted by Crippen LogP contribution is 2.49. The Morgan fingerprint density at radius 2 is 2.16 bits per heavy atom. The minimum Gasteiger partial charge on any atom is -0.349 e. The van der Waals surface area contributed by atoms with Gasteiger partial charge in [-0.2, -0.15) is 5.10 Å². The summed E-state index contributed by atoms with van der Waals surface area (Å²) in [7, 11) is 0. The Morgan fingerprint density at radius 3 is 2.68 bits per heavy atom. The maximum absolute atomic E-state index is 12.3. The number of hydrogen-bond acceptors (Lipinski definition) is 2. The van der Waals surface area contributed by atoms with Gasteiger partial charge in [0.05, 0.1) is 11.3 Å². The van der Waals surface area contributed by atoms with Crippen LogP contribution in [0.4, 0.5) is 0 Å². The summed E-state index contributed by atoms with van der Waals surface area (Å²) < 4.78 is 0. The molecule has 4 unspecified atom stereocenters. The summed E-state index contributed by atoms with van der Waals surface area (Å²) >= 11 is 0. The van der Waals surface area contributed by atoms with Crippen LogP contribution in [-0.4, -0.2) is 22.1 Å². The number of aromatic amines is 1. The van der Waals surface area contributed by atoms with E-state index in [0.717, 1.165) is 28.8 Å². The maximum Gasteiger partial charge on any atom is 0.255 e. The molecule has 19 heavy (non-hydrogen) atoms. The molecule has 0 aliphatic heterocycles. The van der Waals surface area contributed by atoms with Gasteiger partial charge in [-0.3, -0.25) is 9.89 Å². The summed E-state index contributed by atoms with van der Waals surface area (Å²) in [6, 6.07) is 0.275. The van der Waals surface area contributed by atoms with Crippen LogP contribution in [0.1, 0.15) is 54.4 Å². The van der Waals surface area contributed by atoms with E-state index in [9.17, 15) is 4.79 Å². The lowest BCUT2D eigenvalue weighted by molar-refractivity contribution is 0.0914. The highest BCUT2D eigenvalue weighted by atomic mass is 16.1. The Balaban J connectivity index is 1.67. The van der Waals surface area contributed by atoms with Crippen LogP contribution in [0.15, 0.2) is 0 Å². The van der Waals surface area contributed by atoms with Crippen LogP contribution in [0, 0.1) is 31.6 Å². The van der Waals surface area contributed by atoms with Crippen LogP contribution in [0.25, 0.3) is 0 Å². The predicted octanol–water partition coefficient (Wildman–Crippen LogP) is 2.58. The Bertz CT molecular complexity index is 474. The number of aryl methyl sites for hydroxylation is 2. The molecule has 4 heteroatoms. The minimum absolute atomic E-state index is 0.0269. The Hall–Kier alpha value is -1.32. The van der Waals surface area contributed by atoms with Gasteiger partial charge in [-0.15, -0.1) is 0 Å². The van der Waals surface area contributed by atoms with E-state index in [-0.39, 0.29) is 11.9 Å². The third-order valence-corrected chi connectivity index (χ3v) is 5.15. The molecule has 4 atom stereocenters. The summed E-state index contributed by atoms with van der Waals surface area (Å²) in [6.07, 6.45) is 5.45. The predicted molar refractivity (Wildman–Crippen MR) is 73.9 cm³/mol. The molecule has 4 nitrogen and oxygen atoms in total. The van der Waals surface area contributed by atoms with E-state index >= 15 is 0 Å². The van der Waals surface area contributed by atoms with Gasteiger partial charge < -0.3 is 5.32 Å². The fraction of sp³-hybridized carbons (Fsp3) is 0.733. The van der Waals surface area contributed by atoms with Crippen molar-refractivity contribution < 1.29 is 4.79 Å². The number of H-pyrrole nitrogens is 1. The average molecular weight is 261 g/mol. The second-order valence-corrected chi connectivity index (χ2v) is 6.41. The molecular weight excluding hydrogens is 238 g/mol. The van der Waals surface area contributed by atoms with E-state index in [4.69, 9.17) is 0 Å². The van der Waals surface area contributed by atoms with Crippen molar-refractivity contribution >= 4 is 5.91 Å². The standard InChI is InChI=1S/C15H23N3O/c1-8(13-7-11-4-5-12(13)6-11)16-15(19)14-9(2)17-18-10(14)3/h8,11-13H,4-7H2,1-3H3,(H,16,19)(H,17,18). The van der Waals surface area contributed by atoms with E-state index in [1.807, 2.05) is 13.8 Å². The zero-order valence-electron chi connectivity index (χ0n) is 12.0. The van der Waals surface area contributed by atoms with E-state index in [1.165, 1.54) is 25.7 Å². The molecule has 2 fully saturated rings. The molecule has 104 valence electrons. The average Bonchev–Trinajstić information content (AvgIpc) is 3.05. The van der Waals surface area contributed by atoms with Crippen LogP contribution < -0.4 is 5.32 Å². The van der Waals surface area contributed by atoms with Gasteiger partial charge in [-0.25, -0.2) is 0 Å². The summed E-state index contributed by atoms with van der Waals surface area (Å²) in [6.45, 7) is 5.94. The fourth-order valence-electron chi connectivity index (χ4n) is 4.18. The van der Waals surface area contributed by atoms with Gasteiger partial charge in [0.15, 0.2) is 0 Å². The van der Waals surface area contributed by atoms with E-state index in [0.29, 0.717) is 5.92 Å². The molecular formula is C15H23N3O. The molecule has 0 spiro atoms. The van der Waals surface area contributed by atoms with Crippen molar-refractivity contribution in [2.24, 2.45) is 17.8 Å². The first-order valence-electron chi connectivity index (χ1n) is 7.38. The largest absolute Gasteiger partial charge is 0.349 e. The number of nitrogens with one attached hydrogen (secondary N) is 2. The molecule has 3 rings (SSSR count). The van der Waals surface area contributed by atoms with Crippen LogP contribution in [0.3, 0.4) is 0 Å². The Kier molecular flexibility index (Phi) is 3.11. The Morgan fingerprint density at radius 1 is 1.37 bits per heavy atom. The SMILES string of the molecule is Cc1n[nH]c(C)c1C(=O)NC(C)C1CC2CCC1C2. The van der Waals surface area contributed by atoms with Gasteiger partial charge in [0.2, 0.25) is 0 Å². The van der Waals surface area contributed by atoms with Gasteiger partial charge in [-0.1, -0.05) is 6.42 Å². The van der Waals surface area contributed by atoms with Gasteiger partial charge in [0.25, 0.3) is 5.91 Å². The molecule has 2 N–H and O–H groups in total. The van der Waals surface area contributed by atoms with Crippen molar-refractivity contribution in [2.75, 3.05) is 0 Å². The van der Waals surface area contributed by atoms with Crippen molar-refractivity contribution in [1.82, 2.24) is 15.5 Å². The topological polar surface area (TPSA) is 57.8 Å². The van der Waals surface area contributed by atoms with Gasteiger partial charge in [-0.05, 0) is 57.8 Å². The number of nitrogens with zero attached hydrogens (tertiary/aromatic N) is 1. The minimum atomic E-state index is 0.0269. The highest BCUT2D eigenvalue weighted by Gasteiger charge is 2.42. The molecule has 0 saturated heterocycles. The number of carbonyl (C=O) groups is 1. The lowest BCUT2D eigenvalue weighted by Gasteiger charge is -2.28.